The predicted octanol–water partition coefficient (Wildman–Crippen LogP) is 4.54. The molecule has 4 nitrogen and oxygen atoms in total. The highest BCUT2D eigenvalue weighted by Gasteiger charge is 2.28. The van der Waals surface area contributed by atoms with Crippen molar-refractivity contribution < 1.29 is 9.59 Å². The SMILES string of the molecule is CCC(C(=O)NCC(C)C)N(CCc1ccccc1)C(=O)CSCc1ccccc1. The fourth-order valence-corrected chi connectivity index (χ4v) is 4.10. The second kappa shape index (κ2) is 13.1. The van der Waals surface area contributed by atoms with Gasteiger partial charge in [-0.25, -0.2) is 0 Å². The first kappa shape index (κ1) is 24.0. The van der Waals surface area contributed by atoms with Gasteiger partial charge < -0.3 is 10.2 Å². The second-order valence-electron chi connectivity index (χ2n) is 7.86. The number of nitrogens with one attached hydrogen (secondary N) is 1. The average Bonchev–Trinajstić information content (AvgIpc) is 2.76. The number of amides is 2. The number of hydrogen-bond donors (Lipinski definition) is 1. The highest BCUT2D eigenvalue weighted by molar-refractivity contribution is 7.99. The summed E-state index contributed by atoms with van der Waals surface area (Å²) in [7, 11) is 0. The molecule has 1 N–H and O–H groups in total. The van der Waals surface area contributed by atoms with Crippen molar-refractivity contribution in [2.75, 3.05) is 18.8 Å². The molecule has 0 saturated heterocycles. The molecule has 2 rings (SSSR count). The van der Waals surface area contributed by atoms with Crippen LogP contribution in [-0.2, 0) is 21.8 Å². The fraction of sp³-hybridized carbons (Fsp3) is 0.440. The zero-order valence-electron chi connectivity index (χ0n) is 18.3. The summed E-state index contributed by atoms with van der Waals surface area (Å²) < 4.78 is 0. The first-order chi connectivity index (χ1) is 14.5. The third-order valence-electron chi connectivity index (χ3n) is 4.89. The van der Waals surface area contributed by atoms with Crippen molar-refractivity contribution in [1.29, 1.82) is 0 Å². The highest BCUT2D eigenvalue weighted by Crippen LogP contribution is 2.15. The maximum Gasteiger partial charge on any atom is 0.242 e. The van der Waals surface area contributed by atoms with Gasteiger partial charge in [-0.05, 0) is 29.9 Å². The van der Waals surface area contributed by atoms with Crippen LogP contribution in [0.25, 0.3) is 0 Å². The molecule has 0 bridgehead atoms. The number of thioether (sulfide) groups is 1. The molecule has 0 aliphatic rings. The van der Waals surface area contributed by atoms with Gasteiger partial charge in [0.05, 0.1) is 5.75 Å². The number of rotatable bonds is 12. The van der Waals surface area contributed by atoms with Gasteiger partial charge in [0.2, 0.25) is 11.8 Å². The monoisotopic (exact) mass is 426 g/mol. The number of nitrogens with zero attached hydrogens (tertiary/aromatic N) is 1. The topological polar surface area (TPSA) is 49.4 Å². The molecule has 162 valence electrons. The Kier molecular flexibility index (Phi) is 10.5. The maximum atomic E-state index is 13.1. The number of benzene rings is 2. The summed E-state index contributed by atoms with van der Waals surface area (Å²) in [5, 5.41) is 3.01. The largest absolute Gasteiger partial charge is 0.354 e. The van der Waals surface area contributed by atoms with Gasteiger partial charge in [-0.15, -0.1) is 11.8 Å². The molecule has 1 atom stereocenters. The molecule has 0 aliphatic heterocycles. The van der Waals surface area contributed by atoms with Gasteiger partial charge in [-0.1, -0.05) is 81.4 Å². The Morgan fingerprint density at radius 2 is 1.57 bits per heavy atom. The maximum absolute atomic E-state index is 13.1. The van der Waals surface area contributed by atoms with Gasteiger partial charge in [0.25, 0.3) is 0 Å². The fourth-order valence-electron chi connectivity index (χ4n) is 3.23. The average molecular weight is 427 g/mol. The van der Waals surface area contributed by atoms with Crippen LogP contribution in [0.15, 0.2) is 60.7 Å². The summed E-state index contributed by atoms with van der Waals surface area (Å²) in [6, 6.07) is 19.8. The summed E-state index contributed by atoms with van der Waals surface area (Å²) >= 11 is 1.60. The lowest BCUT2D eigenvalue weighted by molar-refractivity contribution is -0.138. The Balaban J connectivity index is 2.03. The molecule has 2 aromatic carbocycles. The van der Waals surface area contributed by atoms with Crippen LogP contribution in [0.5, 0.6) is 0 Å². The van der Waals surface area contributed by atoms with Crippen LogP contribution in [0.1, 0.15) is 38.3 Å². The first-order valence-electron chi connectivity index (χ1n) is 10.7. The second-order valence-corrected chi connectivity index (χ2v) is 8.85. The Labute approximate surface area is 185 Å². The zero-order chi connectivity index (χ0) is 21.8. The van der Waals surface area contributed by atoms with Gasteiger partial charge in [0.1, 0.15) is 6.04 Å². The summed E-state index contributed by atoms with van der Waals surface area (Å²) in [6.07, 6.45) is 1.34. The van der Waals surface area contributed by atoms with Crippen LogP contribution in [0.2, 0.25) is 0 Å². The van der Waals surface area contributed by atoms with E-state index in [0.717, 1.165) is 12.2 Å². The van der Waals surface area contributed by atoms with Crippen molar-refractivity contribution in [3.63, 3.8) is 0 Å². The Hall–Kier alpha value is -2.27. The van der Waals surface area contributed by atoms with Gasteiger partial charge >= 0.3 is 0 Å². The summed E-state index contributed by atoms with van der Waals surface area (Å²) in [5.74, 6) is 1.51. The summed E-state index contributed by atoms with van der Waals surface area (Å²) in [4.78, 5) is 27.7. The molecule has 2 aromatic rings. The molecule has 5 heteroatoms. The van der Waals surface area contributed by atoms with Crippen LogP contribution in [0.4, 0.5) is 0 Å². The Bertz CT molecular complexity index is 765. The van der Waals surface area contributed by atoms with Crippen LogP contribution < -0.4 is 5.32 Å². The molecule has 0 aromatic heterocycles. The van der Waals surface area contributed by atoms with E-state index < -0.39 is 6.04 Å². The van der Waals surface area contributed by atoms with E-state index >= 15 is 0 Å². The third-order valence-corrected chi connectivity index (χ3v) is 5.88. The first-order valence-corrected chi connectivity index (χ1v) is 11.9. The van der Waals surface area contributed by atoms with Crippen molar-refractivity contribution in [2.24, 2.45) is 5.92 Å². The number of carbonyl (C=O) groups excluding carboxylic acids is 2. The molecular formula is C25H34N2O2S. The van der Waals surface area contributed by atoms with Gasteiger partial charge in [0, 0.05) is 18.8 Å². The molecule has 0 heterocycles. The van der Waals surface area contributed by atoms with Crippen LogP contribution in [-0.4, -0.2) is 41.6 Å². The lowest BCUT2D eigenvalue weighted by atomic mass is 10.1. The van der Waals surface area contributed by atoms with Gasteiger partial charge in [-0.2, -0.15) is 0 Å². The molecule has 0 saturated carbocycles. The molecule has 0 fully saturated rings. The van der Waals surface area contributed by atoms with Crippen LogP contribution in [0, 0.1) is 5.92 Å². The van der Waals surface area contributed by atoms with Gasteiger partial charge in [0.15, 0.2) is 0 Å². The van der Waals surface area contributed by atoms with Crippen molar-refractivity contribution in [3.05, 3.63) is 71.8 Å². The van der Waals surface area contributed by atoms with E-state index in [1.807, 2.05) is 43.3 Å². The molecule has 2 amide bonds. The number of hydrogen-bond acceptors (Lipinski definition) is 3. The van der Waals surface area contributed by atoms with E-state index in [-0.39, 0.29) is 11.8 Å². The molecule has 0 radical (unpaired) electrons. The lowest BCUT2D eigenvalue weighted by Gasteiger charge is -2.31. The summed E-state index contributed by atoms with van der Waals surface area (Å²) in [6.45, 7) is 7.28. The van der Waals surface area contributed by atoms with E-state index in [1.54, 1.807) is 16.7 Å². The highest BCUT2D eigenvalue weighted by atomic mass is 32.2. The molecular weight excluding hydrogens is 392 g/mol. The Morgan fingerprint density at radius 1 is 0.967 bits per heavy atom. The van der Waals surface area contributed by atoms with E-state index in [9.17, 15) is 9.59 Å². The molecule has 1 unspecified atom stereocenters. The minimum atomic E-state index is -0.433. The van der Waals surface area contributed by atoms with Crippen molar-refractivity contribution in [2.45, 2.75) is 45.4 Å². The van der Waals surface area contributed by atoms with E-state index in [0.29, 0.717) is 31.2 Å². The van der Waals surface area contributed by atoms with Gasteiger partial charge in [-0.3, -0.25) is 9.59 Å². The lowest BCUT2D eigenvalue weighted by Crippen LogP contribution is -2.51. The van der Waals surface area contributed by atoms with Crippen LogP contribution >= 0.6 is 11.8 Å². The molecule has 0 aliphatic carbocycles. The van der Waals surface area contributed by atoms with Crippen molar-refractivity contribution in [1.82, 2.24) is 10.2 Å². The number of carbonyl (C=O) groups is 2. The normalized spacial score (nSPS) is 11.9. The predicted molar refractivity (Wildman–Crippen MR) is 126 cm³/mol. The van der Waals surface area contributed by atoms with Crippen molar-refractivity contribution in [3.8, 4) is 0 Å². The minimum Gasteiger partial charge on any atom is -0.354 e. The van der Waals surface area contributed by atoms with E-state index in [1.165, 1.54) is 11.1 Å². The Morgan fingerprint density at radius 3 is 2.13 bits per heavy atom. The molecule has 0 spiro atoms. The standard InChI is InChI=1S/C25H34N2O2S/c1-4-23(25(29)26-17-20(2)3)27(16-15-21-11-7-5-8-12-21)24(28)19-30-18-22-13-9-6-10-14-22/h5-14,20,23H,4,15-19H2,1-3H3,(H,26,29). The van der Waals surface area contributed by atoms with Crippen LogP contribution in [0.3, 0.4) is 0 Å². The van der Waals surface area contributed by atoms with E-state index in [4.69, 9.17) is 0 Å². The van der Waals surface area contributed by atoms with Crippen molar-refractivity contribution >= 4 is 23.6 Å². The molecule has 30 heavy (non-hydrogen) atoms. The van der Waals surface area contributed by atoms with E-state index in [2.05, 4.69) is 43.4 Å². The smallest absolute Gasteiger partial charge is 0.242 e. The zero-order valence-corrected chi connectivity index (χ0v) is 19.2. The quantitative estimate of drug-likeness (QED) is 0.542. The summed E-state index contributed by atoms with van der Waals surface area (Å²) in [5.41, 5.74) is 2.37. The minimum absolute atomic E-state index is 0.0263. The third kappa shape index (κ3) is 8.23.